The minimum absolute atomic E-state index is 0.187. The predicted molar refractivity (Wildman–Crippen MR) is 83.5 cm³/mol. The number of ether oxygens (including phenoxy) is 1. The van der Waals surface area contributed by atoms with E-state index in [9.17, 15) is 13.2 Å². The third kappa shape index (κ3) is 16.2. The zero-order valence-electron chi connectivity index (χ0n) is 13.6. The molecule has 0 aromatic heterocycles. The maximum atomic E-state index is 11.6. The highest BCUT2D eigenvalue weighted by Crippen LogP contribution is 2.22. The molecule has 0 atom stereocenters. The number of hydrogen-bond donors (Lipinski definition) is 0. The molecule has 0 N–H and O–H groups in total. The lowest BCUT2D eigenvalue weighted by Crippen LogP contribution is -2.16. The van der Waals surface area contributed by atoms with Crippen molar-refractivity contribution in [3.05, 3.63) is 53.6 Å². The second-order valence-electron chi connectivity index (χ2n) is 4.13. The summed E-state index contributed by atoms with van der Waals surface area (Å²) in [6.45, 7) is 12.0. The first kappa shape index (κ1) is 21.6. The molecule has 0 radical (unpaired) electrons. The zero-order valence-corrected chi connectivity index (χ0v) is 13.6. The Labute approximate surface area is 126 Å². The molecule has 1 nitrogen and oxygen atoms in total. The van der Waals surface area contributed by atoms with Crippen LogP contribution >= 0.6 is 0 Å². The second kappa shape index (κ2) is 12.1. The summed E-state index contributed by atoms with van der Waals surface area (Å²) in [6.07, 6.45) is 1.54. The molecule has 0 aliphatic rings. The van der Waals surface area contributed by atoms with Crippen LogP contribution in [0.25, 0.3) is 0 Å². The van der Waals surface area contributed by atoms with Gasteiger partial charge in [-0.15, -0.1) is 13.2 Å². The normalized spacial score (nSPS) is 9.95. The quantitative estimate of drug-likeness (QED) is 0.570. The zero-order chi connectivity index (χ0) is 16.9. The molecule has 0 amide bonds. The maximum absolute atomic E-state index is 11.6. The fraction of sp³-hybridized carbons (Fsp3) is 0.412. The Bertz CT molecular complexity index is 411. The lowest BCUT2D eigenvalue weighted by molar-refractivity contribution is -0.274. The van der Waals surface area contributed by atoms with Crippen LogP contribution in [0.3, 0.4) is 0 Å². The molecular formula is C17H25F3O. The van der Waals surface area contributed by atoms with Gasteiger partial charge in [-0.2, -0.15) is 0 Å². The van der Waals surface area contributed by atoms with Gasteiger partial charge in [0.15, 0.2) is 0 Å². The lowest BCUT2D eigenvalue weighted by atomic mass is 10.2. The second-order valence-corrected chi connectivity index (χ2v) is 4.13. The van der Waals surface area contributed by atoms with Crippen molar-refractivity contribution in [3.8, 4) is 5.75 Å². The van der Waals surface area contributed by atoms with E-state index < -0.39 is 6.36 Å². The number of halogens is 3. The van der Waals surface area contributed by atoms with Crippen molar-refractivity contribution in [2.45, 2.75) is 47.9 Å². The molecule has 0 saturated carbocycles. The molecule has 21 heavy (non-hydrogen) atoms. The van der Waals surface area contributed by atoms with Crippen LogP contribution < -0.4 is 4.74 Å². The molecule has 0 spiro atoms. The van der Waals surface area contributed by atoms with Crippen LogP contribution in [0.15, 0.2) is 48.1 Å². The number of alkyl halides is 3. The fourth-order valence-corrected chi connectivity index (χ4v) is 1.03. The first-order chi connectivity index (χ1) is 9.74. The lowest BCUT2D eigenvalue weighted by Gasteiger charge is -2.08. The summed E-state index contributed by atoms with van der Waals surface area (Å²) in [7, 11) is 0. The Morgan fingerprint density at radius 2 is 1.52 bits per heavy atom. The molecule has 120 valence electrons. The highest BCUT2D eigenvalue weighted by Gasteiger charge is 2.30. The van der Waals surface area contributed by atoms with Crippen LogP contribution in [-0.2, 0) is 0 Å². The molecule has 1 aromatic carbocycles. The highest BCUT2D eigenvalue weighted by molar-refractivity contribution is 5.26. The summed E-state index contributed by atoms with van der Waals surface area (Å²) >= 11 is 0. The molecule has 0 fully saturated rings. The van der Waals surface area contributed by atoms with Gasteiger partial charge in [-0.05, 0) is 39.8 Å². The van der Waals surface area contributed by atoms with E-state index in [-0.39, 0.29) is 5.75 Å². The third-order valence-electron chi connectivity index (χ3n) is 1.88. The van der Waals surface area contributed by atoms with Crippen molar-refractivity contribution >= 4 is 0 Å². The van der Waals surface area contributed by atoms with Crippen molar-refractivity contribution < 1.29 is 17.9 Å². The minimum atomic E-state index is -4.60. The molecular weight excluding hydrogens is 277 g/mol. The van der Waals surface area contributed by atoms with Gasteiger partial charge in [-0.1, -0.05) is 55.3 Å². The van der Waals surface area contributed by atoms with Crippen LogP contribution in [0.2, 0.25) is 0 Å². The van der Waals surface area contributed by atoms with E-state index in [1.807, 2.05) is 32.9 Å². The van der Waals surface area contributed by atoms with E-state index in [2.05, 4.69) is 24.7 Å². The molecule has 1 rings (SSSR count). The molecule has 0 aliphatic carbocycles. The van der Waals surface area contributed by atoms with Gasteiger partial charge in [0.05, 0.1) is 0 Å². The number of rotatable bonds is 2. The first-order valence-corrected chi connectivity index (χ1v) is 6.83. The van der Waals surface area contributed by atoms with E-state index >= 15 is 0 Å². The van der Waals surface area contributed by atoms with Gasteiger partial charge in [0.2, 0.25) is 0 Å². The van der Waals surface area contributed by atoms with Crippen LogP contribution in [0.5, 0.6) is 5.75 Å². The molecule has 0 aliphatic heterocycles. The van der Waals surface area contributed by atoms with Gasteiger partial charge < -0.3 is 4.74 Å². The summed E-state index contributed by atoms with van der Waals surface area (Å²) in [6, 6.07) is 5.67. The molecule has 0 bridgehead atoms. The molecule has 0 unspecified atom stereocenters. The minimum Gasteiger partial charge on any atom is -0.406 e. The van der Waals surface area contributed by atoms with E-state index in [1.54, 1.807) is 19.1 Å². The topological polar surface area (TPSA) is 9.23 Å². The molecule has 0 heterocycles. The monoisotopic (exact) mass is 302 g/mol. The van der Waals surface area contributed by atoms with Crippen LogP contribution in [0.4, 0.5) is 13.2 Å². The Balaban J connectivity index is 0. The summed E-state index contributed by atoms with van der Waals surface area (Å²) in [5.74, 6) is -0.187. The van der Waals surface area contributed by atoms with Crippen LogP contribution in [0, 0.1) is 6.92 Å². The van der Waals surface area contributed by atoms with Crippen molar-refractivity contribution in [2.24, 2.45) is 0 Å². The number of aryl methyl sites for hydroxylation is 1. The fourth-order valence-electron chi connectivity index (χ4n) is 1.03. The maximum Gasteiger partial charge on any atom is 0.573 e. The van der Waals surface area contributed by atoms with Gasteiger partial charge in [0.25, 0.3) is 0 Å². The summed E-state index contributed by atoms with van der Waals surface area (Å²) in [5.41, 5.74) is 2.24. The van der Waals surface area contributed by atoms with Crippen LogP contribution in [-0.4, -0.2) is 6.36 Å². The summed E-state index contributed by atoms with van der Waals surface area (Å²) in [4.78, 5) is 0. The Kier molecular flexibility index (Phi) is 12.4. The van der Waals surface area contributed by atoms with Crippen molar-refractivity contribution in [1.82, 2.24) is 0 Å². The van der Waals surface area contributed by atoms with E-state index in [0.717, 1.165) is 5.56 Å². The number of hydrogen-bond acceptors (Lipinski definition) is 1. The van der Waals surface area contributed by atoms with Gasteiger partial charge in [-0.25, -0.2) is 0 Å². The smallest absolute Gasteiger partial charge is 0.406 e. The molecule has 1 aromatic rings. The standard InChI is InChI=1S/C8H7F3O.C7H12.C2H6/c1-6-2-4-7(5-3-6)12-8(9,10)11;1-4-5-6-7(2)3;1-2/h2-5H,1H3;4-6H,1-3H3;1-2H3/b;5-4-;. The van der Waals surface area contributed by atoms with E-state index in [4.69, 9.17) is 0 Å². The third-order valence-corrected chi connectivity index (χ3v) is 1.88. The van der Waals surface area contributed by atoms with Gasteiger partial charge in [-0.3, -0.25) is 0 Å². The van der Waals surface area contributed by atoms with Gasteiger partial charge >= 0.3 is 6.36 Å². The van der Waals surface area contributed by atoms with Crippen molar-refractivity contribution in [2.75, 3.05) is 0 Å². The molecule has 0 saturated heterocycles. The summed E-state index contributed by atoms with van der Waals surface area (Å²) < 4.78 is 38.5. The van der Waals surface area contributed by atoms with Gasteiger partial charge in [0.1, 0.15) is 5.75 Å². The average molecular weight is 302 g/mol. The van der Waals surface area contributed by atoms with E-state index in [1.165, 1.54) is 17.7 Å². The Hall–Kier alpha value is -1.71. The largest absolute Gasteiger partial charge is 0.573 e. The predicted octanol–water partition coefficient (Wildman–Crippen LogP) is 6.45. The Morgan fingerprint density at radius 3 is 1.81 bits per heavy atom. The molecule has 4 heteroatoms. The van der Waals surface area contributed by atoms with E-state index in [0.29, 0.717) is 0 Å². The van der Waals surface area contributed by atoms with Gasteiger partial charge in [0, 0.05) is 0 Å². The first-order valence-electron chi connectivity index (χ1n) is 6.83. The number of allylic oxidation sites excluding steroid dienone is 4. The number of benzene rings is 1. The van der Waals surface area contributed by atoms with Crippen molar-refractivity contribution in [1.29, 1.82) is 0 Å². The SMILES string of the molecule is C/C=C\C=C(C)C.CC.Cc1ccc(OC(F)(F)F)cc1. The highest BCUT2D eigenvalue weighted by atomic mass is 19.4. The van der Waals surface area contributed by atoms with Crippen molar-refractivity contribution in [3.63, 3.8) is 0 Å². The average Bonchev–Trinajstić information content (AvgIpc) is 2.40. The summed E-state index contributed by atoms with van der Waals surface area (Å²) in [5, 5.41) is 0. The Morgan fingerprint density at radius 1 is 1.05 bits per heavy atom. The van der Waals surface area contributed by atoms with Crippen LogP contribution in [0.1, 0.15) is 40.2 Å².